The van der Waals surface area contributed by atoms with E-state index in [-0.39, 0.29) is 16.6 Å². The predicted molar refractivity (Wildman–Crippen MR) is 61.4 cm³/mol. The van der Waals surface area contributed by atoms with Crippen LogP contribution in [0.5, 0.6) is 11.8 Å². The molecule has 0 unspecified atom stereocenters. The maximum atomic E-state index is 5.89. The van der Waals surface area contributed by atoms with Crippen LogP contribution in [0.25, 0.3) is 0 Å². The first-order valence-electron chi connectivity index (χ1n) is 4.14. The minimum absolute atomic E-state index is 0.00176. The first-order chi connectivity index (χ1) is 7.65. The Morgan fingerprint density at radius 1 is 0.875 bits per heavy atom. The molecule has 2 aromatic rings. The number of hydrogen-bond acceptors (Lipinski definition) is 4. The van der Waals surface area contributed by atoms with Crippen LogP contribution >= 0.6 is 34.8 Å². The smallest absolute Gasteiger partial charge is 0.327 e. The molecule has 2 rings (SSSR count). The van der Waals surface area contributed by atoms with E-state index in [4.69, 9.17) is 39.5 Å². The molecule has 0 bridgehead atoms. The predicted octanol–water partition coefficient (Wildman–Crippen LogP) is 3.62. The second-order valence-electron chi connectivity index (χ2n) is 2.69. The molecule has 7 heteroatoms. The van der Waals surface area contributed by atoms with Gasteiger partial charge in [-0.25, -0.2) is 0 Å². The number of rotatable bonds is 2. The van der Waals surface area contributed by atoms with Crippen LogP contribution in [-0.2, 0) is 0 Å². The largest absolute Gasteiger partial charge is 0.423 e. The number of ether oxygens (including phenoxy) is 1. The van der Waals surface area contributed by atoms with Crippen LogP contribution in [0.4, 0.5) is 0 Å². The van der Waals surface area contributed by atoms with Crippen molar-refractivity contribution in [3.63, 3.8) is 0 Å². The molecule has 16 heavy (non-hydrogen) atoms. The fraction of sp³-hybridized carbons (Fsp3) is 0. The van der Waals surface area contributed by atoms with Gasteiger partial charge >= 0.3 is 6.01 Å². The molecule has 0 radical (unpaired) electrons. The lowest BCUT2D eigenvalue weighted by atomic mass is 10.3. The maximum absolute atomic E-state index is 5.89. The second-order valence-corrected chi connectivity index (χ2v) is 3.77. The Morgan fingerprint density at radius 3 is 2.12 bits per heavy atom. The van der Waals surface area contributed by atoms with Gasteiger partial charge in [0.2, 0.25) is 10.6 Å². The van der Waals surface area contributed by atoms with Crippen LogP contribution in [0, 0.1) is 0 Å². The van der Waals surface area contributed by atoms with Gasteiger partial charge in [-0.05, 0) is 35.3 Å². The van der Waals surface area contributed by atoms with Gasteiger partial charge in [0.1, 0.15) is 5.75 Å². The van der Waals surface area contributed by atoms with Crippen molar-refractivity contribution in [2.24, 2.45) is 0 Å². The van der Waals surface area contributed by atoms with Crippen molar-refractivity contribution < 1.29 is 4.74 Å². The quantitative estimate of drug-likeness (QED) is 0.840. The molecule has 0 saturated heterocycles. The monoisotopic (exact) mass is 275 g/mol. The van der Waals surface area contributed by atoms with Crippen molar-refractivity contribution >= 4 is 34.8 Å². The summed E-state index contributed by atoms with van der Waals surface area (Å²) in [6.45, 7) is 0. The molecule has 0 N–H and O–H groups in total. The number of benzene rings is 1. The third-order valence-corrected chi connectivity index (χ3v) is 2.25. The highest BCUT2D eigenvalue weighted by Crippen LogP contribution is 2.27. The van der Waals surface area contributed by atoms with E-state index >= 15 is 0 Å². The second kappa shape index (κ2) is 4.82. The first kappa shape index (κ1) is 11.4. The number of hydrogen-bond donors (Lipinski definition) is 0. The topological polar surface area (TPSA) is 47.9 Å². The Bertz CT molecular complexity index is 501. The highest BCUT2D eigenvalue weighted by Gasteiger charge is 2.07. The summed E-state index contributed by atoms with van der Waals surface area (Å²) in [5, 5.41) is 0.360. The lowest BCUT2D eigenvalue weighted by Gasteiger charge is -2.04. The molecule has 0 fully saturated rings. The Labute approximate surface area is 106 Å². The average molecular weight is 277 g/mol. The van der Waals surface area contributed by atoms with Crippen LogP contribution in [0.15, 0.2) is 24.3 Å². The van der Waals surface area contributed by atoms with Crippen molar-refractivity contribution in [1.29, 1.82) is 0 Å². The lowest BCUT2D eigenvalue weighted by Crippen LogP contribution is -1.95. The van der Waals surface area contributed by atoms with E-state index in [0.29, 0.717) is 10.8 Å². The normalized spacial score (nSPS) is 10.2. The molecular formula is C9H4Cl3N3O. The molecule has 0 atom stereocenters. The van der Waals surface area contributed by atoms with Crippen molar-refractivity contribution in [3.05, 3.63) is 39.9 Å². The summed E-state index contributed by atoms with van der Waals surface area (Å²) in [5.41, 5.74) is 0. The van der Waals surface area contributed by atoms with Crippen LogP contribution in [-0.4, -0.2) is 15.0 Å². The fourth-order valence-corrected chi connectivity index (χ4v) is 1.50. The van der Waals surface area contributed by atoms with E-state index in [1.807, 2.05) is 0 Å². The fourth-order valence-electron chi connectivity index (χ4n) is 0.980. The van der Waals surface area contributed by atoms with E-state index < -0.39 is 0 Å². The Morgan fingerprint density at radius 2 is 1.50 bits per heavy atom. The zero-order valence-electron chi connectivity index (χ0n) is 7.69. The molecule has 4 nitrogen and oxygen atoms in total. The highest BCUT2D eigenvalue weighted by atomic mass is 35.5. The van der Waals surface area contributed by atoms with Gasteiger partial charge in [-0.2, -0.15) is 15.0 Å². The summed E-state index contributed by atoms with van der Waals surface area (Å²) < 4.78 is 5.31. The van der Waals surface area contributed by atoms with Gasteiger partial charge in [0.05, 0.1) is 5.02 Å². The zero-order chi connectivity index (χ0) is 11.5. The number of nitrogens with zero attached hydrogens (tertiary/aromatic N) is 3. The lowest BCUT2D eigenvalue weighted by molar-refractivity contribution is 0.440. The standard InChI is InChI=1S/C9H4Cl3N3O/c10-5-3-1-2-4-6(5)16-9-14-7(11)13-8(12)15-9/h1-4H. The highest BCUT2D eigenvalue weighted by molar-refractivity contribution is 6.32. The van der Waals surface area contributed by atoms with Crippen LogP contribution in [0.3, 0.4) is 0 Å². The van der Waals surface area contributed by atoms with Crippen LogP contribution in [0.2, 0.25) is 15.6 Å². The molecule has 1 heterocycles. The summed E-state index contributed by atoms with van der Waals surface area (Å²) in [4.78, 5) is 11.1. The van der Waals surface area contributed by atoms with Crippen molar-refractivity contribution in [1.82, 2.24) is 15.0 Å². The summed E-state index contributed by atoms with van der Waals surface area (Å²) >= 11 is 17.1. The third kappa shape index (κ3) is 2.72. The summed E-state index contributed by atoms with van der Waals surface area (Å²) in [7, 11) is 0. The van der Waals surface area contributed by atoms with Gasteiger partial charge in [0, 0.05) is 0 Å². The minimum Gasteiger partial charge on any atom is -0.423 e. The molecular weight excluding hydrogens is 272 g/mol. The molecule has 0 amide bonds. The summed E-state index contributed by atoms with van der Waals surface area (Å²) in [6.07, 6.45) is 0. The molecule has 0 spiro atoms. The van der Waals surface area contributed by atoms with Crippen LogP contribution < -0.4 is 4.74 Å². The van der Waals surface area contributed by atoms with Crippen molar-refractivity contribution in [3.8, 4) is 11.8 Å². The van der Waals surface area contributed by atoms with Gasteiger partial charge < -0.3 is 4.74 Å². The maximum Gasteiger partial charge on any atom is 0.327 e. The van der Waals surface area contributed by atoms with E-state index in [1.54, 1.807) is 24.3 Å². The third-order valence-electron chi connectivity index (χ3n) is 1.60. The van der Waals surface area contributed by atoms with E-state index in [0.717, 1.165) is 0 Å². The van der Waals surface area contributed by atoms with Gasteiger partial charge in [-0.1, -0.05) is 23.7 Å². The zero-order valence-corrected chi connectivity index (χ0v) is 9.96. The minimum atomic E-state index is -0.0398. The number of halogens is 3. The molecule has 0 aliphatic carbocycles. The summed E-state index contributed by atoms with van der Waals surface area (Å²) in [6, 6.07) is 6.90. The Balaban J connectivity index is 2.30. The summed E-state index contributed by atoms with van der Waals surface area (Å²) in [5.74, 6) is 0.419. The molecule has 82 valence electrons. The van der Waals surface area contributed by atoms with E-state index in [1.165, 1.54) is 0 Å². The number of para-hydroxylation sites is 1. The first-order valence-corrected chi connectivity index (χ1v) is 5.28. The molecule has 1 aromatic heterocycles. The molecule has 0 aliphatic rings. The van der Waals surface area contributed by atoms with Gasteiger partial charge in [-0.3, -0.25) is 0 Å². The van der Waals surface area contributed by atoms with Gasteiger partial charge in [0.15, 0.2) is 0 Å². The van der Waals surface area contributed by atoms with Crippen molar-refractivity contribution in [2.75, 3.05) is 0 Å². The number of aromatic nitrogens is 3. The molecule has 1 aromatic carbocycles. The Hall–Kier alpha value is -1.10. The van der Waals surface area contributed by atoms with E-state index in [2.05, 4.69) is 15.0 Å². The van der Waals surface area contributed by atoms with Gasteiger partial charge in [-0.15, -0.1) is 0 Å². The molecule has 0 aliphatic heterocycles. The SMILES string of the molecule is Clc1nc(Cl)nc(Oc2ccccc2Cl)n1. The van der Waals surface area contributed by atoms with Crippen molar-refractivity contribution in [2.45, 2.75) is 0 Å². The average Bonchev–Trinajstić information content (AvgIpc) is 2.20. The Kier molecular flexibility index (Phi) is 3.43. The van der Waals surface area contributed by atoms with Crippen LogP contribution in [0.1, 0.15) is 0 Å². The van der Waals surface area contributed by atoms with E-state index in [9.17, 15) is 0 Å². The molecule has 0 saturated carbocycles. The van der Waals surface area contributed by atoms with Gasteiger partial charge in [0.25, 0.3) is 0 Å².